The van der Waals surface area contributed by atoms with Crippen LogP contribution in [0.1, 0.15) is 13.3 Å². The van der Waals surface area contributed by atoms with E-state index in [9.17, 15) is 9.18 Å². The molecule has 2 rings (SSSR count). The van der Waals surface area contributed by atoms with Crippen molar-refractivity contribution in [3.05, 3.63) is 30.1 Å². The number of carbonyl (C=O) groups is 1. The molecule has 22 heavy (non-hydrogen) atoms. The van der Waals surface area contributed by atoms with Gasteiger partial charge in [0.2, 0.25) is 0 Å². The first-order chi connectivity index (χ1) is 10.5. The summed E-state index contributed by atoms with van der Waals surface area (Å²) in [6.45, 7) is 3.92. The van der Waals surface area contributed by atoms with E-state index in [1.54, 1.807) is 17.0 Å². The van der Waals surface area contributed by atoms with E-state index in [1.807, 2.05) is 14.1 Å². The first-order valence-electron chi connectivity index (χ1n) is 7.57. The Morgan fingerprint density at radius 1 is 1.41 bits per heavy atom. The zero-order valence-corrected chi connectivity index (χ0v) is 13.4. The largest absolute Gasteiger partial charge is 0.487 e. The van der Waals surface area contributed by atoms with E-state index < -0.39 is 0 Å². The van der Waals surface area contributed by atoms with Crippen molar-refractivity contribution in [2.75, 3.05) is 33.7 Å². The molecule has 1 fully saturated rings. The lowest BCUT2D eigenvalue weighted by Crippen LogP contribution is -2.59. The molecule has 0 radical (unpaired) electrons. The molecule has 6 heteroatoms. The number of carbonyl (C=O) groups excluding carboxylic acids is 1. The number of nitrogens with one attached hydrogen (secondary N) is 1. The highest BCUT2D eigenvalue weighted by molar-refractivity contribution is 5.75. The van der Waals surface area contributed by atoms with Crippen molar-refractivity contribution in [3.8, 4) is 5.75 Å². The van der Waals surface area contributed by atoms with Gasteiger partial charge in [-0.2, -0.15) is 0 Å². The van der Waals surface area contributed by atoms with Gasteiger partial charge in [0.1, 0.15) is 17.7 Å². The Kier molecular flexibility index (Phi) is 5.60. The zero-order valence-electron chi connectivity index (χ0n) is 13.4. The fourth-order valence-corrected chi connectivity index (χ4v) is 2.14. The van der Waals surface area contributed by atoms with Gasteiger partial charge in [-0.05, 0) is 51.7 Å². The number of ether oxygens (including phenoxy) is 1. The zero-order chi connectivity index (χ0) is 16.1. The molecule has 1 saturated heterocycles. The van der Waals surface area contributed by atoms with Crippen molar-refractivity contribution in [2.24, 2.45) is 0 Å². The summed E-state index contributed by atoms with van der Waals surface area (Å²) in [5.41, 5.74) is 0. The molecule has 1 aliphatic heterocycles. The van der Waals surface area contributed by atoms with Gasteiger partial charge in [-0.1, -0.05) is 0 Å². The molecule has 1 heterocycles. The van der Waals surface area contributed by atoms with Gasteiger partial charge in [-0.25, -0.2) is 9.18 Å². The van der Waals surface area contributed by atoms with Crippen molar-refractivity contribution in [1.82, 2.24) is 15.1 Å². The van der Waals surface area contributed by atoms with Crippen LogP contribution in [0.15, 0.2) is 24.3 Å². The average Bonchev–Trinajstić information content (AvgIpc) is 2.43. The monoisotopic (exact) mass is 309 g/mol. The maximum absolute atomic E-state index is 12.8. The molecule has 1 atom stereocenters. The summed E-state index contributed by atoms with van der Waals surface area (Å²) in [4.78, 5) is 15.8. The lowest BCUT2D eigenvalue weighted by atomic mass is 10.2. The van der Waals surface area contributed by atoms with E-state index in [1.165, 1.54) is 12.1 Å². The molecule has 1 N–H and O–H groups in total. The second kappa shape index (κ2) is 7.45. The first kappa shape index (κ1) is 16.5. The predicted octanol–water partition coefficient (Wildman–Crippen LogP) is 1.94. The molecule has 122 valence electrons. The van der Waals surface area contributed by atoms with Crippen molar-refractivity contribution >= 4 is 6.03 Å². The molecule has 0 aliphatic carbocycles. The first-order valence-corrected chi connectivity index (χ1v) is 7.57. The number of amides is 2. The molecule has 0 bridgehead atoms. The van der Waals surface area contributed by atoms with Crippen LogP contribution in [0.4, 0.5) is 9.18 Å². The number of hydrogen-bond acceptors (Lipinski definition) is 3. The van der Waals surface area contributed by atoms with E-state index in [4.69, 9.17) is 4.74 Å². The van der Waals surface area contributed by atoms with Crippen LogP contribution in [-0.4, -0.2) is 61.7 Å². The lowest BCUT2D eigenvalue weighted by Gasteiger charge is -2.38. The molecule has 0 aromatic heterocycles. The molecule has 1 aromatic rings. The molecule has 0 saturated carbocycles. The Morgan fingerprint density at radius 3 is 2.64 bits per heavy atom. The summed E-state index contributed by atoms with van der Waals surface area (Å²) >= 11 is 0. The standard InChI is InChI=1S/C16H24FN3O2/c1-12(19(2)3)8-9-18-16(21)20-10-15(11-20)22-14-6-4-13(17)5-7-14/h4-7,12,15H,8-11H2,1-3H3,(H,18,21)/t12-/m1/s1. The van der Waals surface area contributed by atoms with Gasteiger partial charge >= 0.3 is 6.03 Å². The Hall–Kier alpha value is -1.82. The van der Waals surface area contributed by atoms with E-state index in [-0.39, 0.29) is 18.0 Å². The van der Waals surface area contributed by atoms with Crippen LogP contribution in [0, 0.1) is 5.82 Å². The van der Waals surface area contributed by atoms with Crippen molar-refractivity contribution in [2.45, 2.75) is 25.5 Å². The summed E-state index contributed by atoms with van der Waals surface area (Å²) in [5.74, 6) is 0.347. The fraction of sp³-hybridized carbons (Fsp3) is 0.562. The number of hydrogen-bond donors (Lipinski definition) is 1. The fourth-order valence-electron chi connectivity index (χ4n) is 2.14. The summed E-state index contributed by atoms with van der Waals surface area (Å²) in [6.07, 6.45) is 0.902. The third kappa shape index (κ3) is 4.59. The maximum Gasteiger partial charge on any atom is 0.317 e. The number of rotatable bonds is 6. The molecule has 0 unspecified atom stereocenters. The van der Waals surface area contributed by atoms with Crippen LogP contribution in [0.5, 0.6) is 5.75 Å². The minimum atomic E-state index is -0.283. The Balaban J connectivity index is 1.63. The van der Waals surface area contributed by atoms with Crippen LogP contribution >= 0.6 is 0 Å². The van der Waals surface area contributed by atoms with Gasteiger partial charge in [0.15, 0.2) is 0 Å². The molecule has 2 amide bonds. The van der Waals surface area contributed by atoms with Gasteiger partial charge in [0, 0.05) is 12.6 Å². The minimum absolute atomic E-state index is 0.0168. The van der Waals surface area contributed by atoms with Crippen LogP contribution in [-0.2, 0) is 0 Å². The Labute approximate surface area is 131 Å². The van der Waals surface area contributed by atoms with Gasteiger partial charge in [0.05, 0.1) is 13.1 Å². The Bertz CT molecular complexity index is 487. The second-order valence-corrected chi connectivity index (χ2v) is 5.93. The van der Waals surface area contributed by atoms with Crippen LogP contribution in [0.3, 0.4) is 0 Å². The van der Waals surface area contributed by atoms with Gasteiger partial charge in [-0.3, -0.25) is 0 Å². The van der Waals surface area contributed by atoms with Crippen LogP contribution < -0.4 is 10.1 Å². The van der Waals surface area contributed by atoms with Crippen LogP contribution in [0.25, 0.3) is 0 Å². The number of halogens is 1. The number of likely N-dealkylation sites (tertiary alicyclic amines) is 1. The van der Waals surface area contributed by atoms with E-state index in [0.717, 1.165) is 6.42 Å². The highest BCUT2D eigenvalue weighted by Crippen LogP contribution is 2.18. The lowest BCUT2D eigenvalue weighted by molar-refractivity contribution is 0.0443. The minimum Gasteiger partial charge on any atom is -0.487 e. The number of urea groups is 1. The molecule has 1 aromatic carbocycles. The quantitative estimate of drug-likeness (QED) is 0.873. The van der Waals surface area contributed by atoms with Gasteiger partial charge in [-0.15, -0.1) is 0 Å². The van der Waals surface area contributed by atoms with Gasteiger partial charge in [0.25, 0.3) is 0 Å². The number of benzene rings is 1. The normalized spacial score (nSPS) is 16.3. The number of nitrogens with zero attached hydrogens (tertiary/aromatic N) is 2. The molecule has 0 spiro atoms. The molecular formula is C16H24FN3O2. The van der Waals surface area contributed by atoms with Gasteiger partial charge < -0.3 is 19.9 Å². The highest BCUT2D eigenvalue weighted by Gasteiger charge is 2.32. The average molecular weight is 309 g/mol. The molecule has 5 nitrogen and oxygen atoms in total. The predicted molar refractivity (Wildman–Crippen MR) is 83.6 cm³/mol. The smallest absolute Gasteiger partial charge is 0.317 e. The van der Waals surface area contributed by atoms with E-state index in [2.05, 4.69) is 17.1 Å². The summed E-state index contributed by atoms with van der Waals surface area (Å²) in [6, 6.07) is 6.31. The third-order valence-electron chi connectivity index (χ3n) is 3.97. The Morgan fingerprint density at radius 2 is 2.05 bits per heavy atom. The van der Waals surface area contributed by atoms with Crippen LogP contribution in [0.2, 0.25) is 0 Å². The van der Waals surface area contributed by atoms with Crippen molar-refractivity contribution < 1.29 is 13.9 Å². The molecule has 1 aliphatic rings. The third-order valence-corrected chi connectivity index (χ3v) is 3.97. The summed E-state index contributed by atoms with van der Waals surface area (Å²) < 4.78 is 18.5. The topological polar surface area (TPSA) is 44.8 Å². The van der Waals surface area contributed by atoms with E-state index >= 15 is 0 Å². The SMILES string of the molecule is C[C@H](CCNC(=O)N1CC(Oc2ccc(F)cc2)C1)N(C)C. The summed E-state index contributed by atoms with van der Waals surface area (Å²) in [5, 5.41) is 2.92. The second-order valence-electron chi connectivity index (χ2n) is 5.93. The summed E-state index contributed by atoms with van der Waals surface area (Å²) in [7, 11) is 4.05. The highest BCUT2D eigenvalue weighted by atomic mass is 19.1. The molecular weight excluding hydrogens is 285 g/mol. The maximum atomic E-state index is 12.8. The van der Waals surface area contributed by atoms with Crippen molar-refractivity contribution in [3.63, 3.8) is 0 Å². The van der Waals surface area contributed by atoms with E-state index in [0.29, 0.717) is 31.4 Å². The van der Waals surface area contributed by atoms with Crippen molar-refractivity contribution in [1.29, 1.82) is 0 Å².